The van der Waals surface area contributed by atoms with Gasteiger partial charge in [0.2, 0.25) is 5.78 Å². The highest BCUT2D eigenvalue weighted by Crippen LogP contribution is 2.08. The maximum atomic E-state index is 11.3. The molecule has 0 atom stereocenters. The van der Waals surface area contributed by atoms with Crippen molar-refractivity contribution in [2.24, 2.45) is 0 Å². The van der Waals surface area contributed by atoms with Gasteiger partial charge in [0.05, 0.1) is 0 Å². The molecule has 15 heavy (non-hydrogen) atoms. The molecule has 1 heterocycles. The molecule has 0 unspecified atom stereocenters. The van der Waals surface area contributed by atoms with Crippen LogP contribution >= 0.6 is 39.1 Å². The van der Waals surface area contributed by atoms with Crippen molar-refractivity contribution in [3.63, 3.8) is 0 Å². The van der Waals surface area contributed by atoms with Crippen molar-refractivity contribution >= 4 is 50.7 Å². The molecule has 1 aromatic heterocycles. The van der Waals surface area contributed by atoms with Crippen molar-refractivity contribution in [1.29, 1.82) is 0 Å². The molecular formula is C8H8BrCl3N2O. The van der Waals surface area contributed by atoms with Gasteiger partial charge in [-0.15, -0.1) is 0 Å². The fourth-order valence-electron chi connectivity index (χ4n) is 0.921. The summed E-state index contributed by atoms with van der Waals surface area (Å²) >= 11 is 14.1. The number of aromatic nitrogens is 1. The Morgan fingerprint density at radius 3 is 2.60 bits per heavy atom. The molecule has 0 saturated heterocycles. The third-order valence-corrected chi connectivity index (χ3v) is 2.81. The van der Waals surface area contributed by atoms with Crippen molar-refractivity contribution in [3.8, 4) is 0 Å². The van der Waals surface area contributed by atoms with E-state index < -0.39 is 4.84 Å². The van der Waals surface area contributed by atoms with Crippen LogP contribution in [0.5, 0.6) is 0 Å². The van der Waals surface area contributed by atoms with Crippen molar-refractivity contribution < 1.29 is 21.8 Å². The van der Waals surface area contributed by atoms with Crippen LogP contribution in [0.3, 0.4) is 0 Å². The maximum absolute atomic E-state index is 11.3. The number of nitrogens with two attached hydrogens (primary N) is 1. The van der Waals surface area contributed by atoms with E-state index in [1.54, 1.807) is 22.8 Å². The topological polar surface area (TPSA) is 47.0 Å². The van der Waals surface area contributed by atoms with Gasteiger partial charge in [0.15, 0.2) is 16.0 Å². The van der Waals surface area contributed by atoms with Crippen LogP contribution in [0.1, 0.15) is 0 Å². The number of carbonyl (C=O) groups is 1. The molecule has 0 radical (unpaired) electrons. The number of anilines is 1. The van der Waals surface area contributed by atoms with E-state index >= 15 is 0 Å². The van der Waals surface area contributed by atoms with E-state index in [-0.39, 0.29) is 24.7 Å². The number of pyridine rings is 1. The van der Waals surface area contributed by atoms with Gasteiger partial charge in [-0.1, -0.05) is 23.2 Å². The zero-order valence-corrected chi connectivity index (χ0v) is 11.3. The lowest BCUT2D eigenvalue weighted by Crippen LogP contribution is -3.00. The molecule has 1 rings (SSSR count). The van der Waals surface area contributed by atoms with Gasteiger partial charge in [0.1, 0.15) is 0 Å². The van der Waals surface area contributed by atoms with E-state index in [0.717, 1.165) is 0 Å². The van der Waals surface area contributed by atoms with Crippen LogP contribution in [0.25, 0.3) is 0 Å². The highest BCUT2D eigenvalue weighted by Gasteiger charge is 2.18. The Balaban J connectivity index is 0.00000196. The Bertz CT molecular complexity index is 339. The van der Waals surface area contributed by atoms with Gasteiger partial charge in [-0.2, -0.15) is 0 Å². The predicted octanol–water partition coefficient (Wildman–Crippen LogP) is -1.30. The Morgan fingerprint density at radius 1 is 1.53 bits per heavy atom. The van der Waals surface area contributed by atoms with Crippen molar-refractivity contribution in [2.75, 3.05) is 5.73 Å². The molecule has 0 amide bonds. The number of ketones is 1. The second-order valence-corrected chi connectivity index (χ2v) is 4.54. The van der Waals surface area contributed by atoms with E-state index in [1.807, 2.05) is 0 Å². The van der Waals surface area contributed by atoms with E-state index in [2.05, 4.69) is 15.9 Å². The average molecular weight is 334 g/mol. The Morgan fingerprint density at radius 2 is 2.13 bits per heavy atom. The first kappa shape index (κ1) is 15.0. The Hall–Kier alpha value is -0.0300. The number of halogens is 4. The van der Waals surface area contributed by atoms with E-state index in [0.29, 0.717) is 10.4 Å². The predicted molar refractivity (Wildman–Crippen MR) is 59.3 cm³/mol. The second kappa shape index (κ2) is 6.53. The number of nitrogens with zero attached hydrogens (tertiary/aromatic N) is 1. The molecule has 0 aliphatic carbocycles. The zero-order valence-electron chi connectivity index (χ0n) is 7.46. The molecule has 0 saturated carbocycles. The van der Waals surface area contributed by atoms with Crippen LogP contribution < -0.4 is 22.7 Å². The summed E-state index contributed by atoms with van der Waals surface area (Å²) in [5.74, 6) is 0.179. The molecule has 1 aromatic rings. The number of hydrogen-bond acceptors (Lipinski definition) is 2. The van der Waals surface area contributed by atoms with Crippen molar-refractivity contribution in [2.45, 2.75) is 11.4 Å². The minimum Gasteiger partial charge on any atom is -1.00 e. The number of nitrogen functional groups attached to an aromatic ring is 1. The third kappa shape index (κ3) is 4.15. The van der Waals surface area contributed by atoms with Crippen molar-refractivity contribution in [1.82, 2.24) is 0 Å². The molecule has 0 aromatic carbocycles. The number of hydrogen-bond donors (Lipinski definition) is 1. The molecule has 0 fully saturated rings. The van der Waals surface area contributed by atoms with Gasteiger partial charge in [0, 0.05) is 6.07 Å². The summed E-state index contributed by atoms with van der Waals surface area (Å²) in [4.78, 5) is 10.2. The molecular weight excluding hydrogens is 326 g/mol. The van der Waals surface area contributed by atoms with Gasteiger partial charge in [0.25, 0.3) is 5.82 Å². The first-order chi connectivity index (χ1) is 6.52. The summed E-state index contributed by atoms with van der Waals surface area (Å²) in [6, 6.07) is 5.25. The molecule has 84 valence electrons. The zero-order chi connectivity index (χ0) is 10.7. The summed E-state index contributed by atoms with van der Waals surface area (Å²) in [7, 11) is 0. The molecule has 3 nitrogen and oxygen atoms in total. The Labute approximate surface area is 112 Å². The summed E-state index contributed by atoms with van der Waals surface area (Å²) in [6.07, 6.45) is 0. The minimum absolute atomic E-state index is 0. The number of alkyl halides is 2. The molecule has 0 aliphatic heterocycles. The molecule has 0 aliphatic rings. The largest absolute Gasteiger partial charge is 1.00 e. The minimum atomic E-state index is -1.02. The fourth-order valence-corrected chi connectivity index (χ4v) is 1.54. The fraction of sp³-hybridized carbons (Fsp3) is 0.250. The van der Waals surface area contributed by atoms with E-state index in [1.165, 1.54) is 0 Å². The van der Waals surface area contributed by atoms with Gasteiger partial charge in [-0.05, 0) is 28.1 Å². The number of carbonyl (C=O) groups excluding carboxylic acids is 1. The maximum Gasteiger partial charge on any atom is 0.273 e. The first-order valence-electron chi connectivity index (χ1n) is 3.77. The lowest BCUT2D eigenvalue weighted by atomic mass is 10.4. The second-order valence-electron chi connectivity index (χ2n) is 2.63. The van der Waals surface area contributed by atoms with Gasteiger partial charge in [-0.3, -0.25) is 10.5 Å². The molecule has 2 N–H and O–H groups in total. The SMILES string of the molecule is Nc1cccc(Br)[n+]1CC(=O)C(Cl)Cl.[Cl-]. The van der Waals surface area contributed by atoms with Crippen LogP contribution in [0.2, 0.25) is 0 Å². The molecule has 0 bridgehead atoms. The van der Waals surface area contributed by atoms with Crippen LogP contribution in [0.4, 0.5) is 5.82 Å². The van der Waals surface area contributed by atoms with Gasteiger partial charge >= 0.3 is 0 Å². The summed E-state index contributed by atoms with van der Waals surface area (Å²) < 4.78 is 2.29. The molecule has 7 heteroatoms. The summed E-state index contributed by atoms with van der Waals surface area (Å²) in [6.45, 7) is 0.0604. The van der Waals surface area contributed by atoms with Crippen molar-refractivity contribution in [3.05, 3.63) is 22.8 Å². The monoisotopic (exact) mass is 332 g/mol. The highest BCUT2D eigenvalue weighted by molar-refractivity contribution is 9.10. The average Bonchev–Trinajstić information content (AvgIpc) is 2.11. The lowest BCUT2D eigenvalue weighted by Gasteiger charge is -2.04. The number of Topliss-reactive ketones (excluding diaryl/α,β-unsaturated/α-hetero) is 1. The van der Waals surface area contributed by atoms with Crippen LogP contribution in [0.15, 0.2) is 22.8 Å². The standard InChI is InChI=1S/C8H7BrCl2N2O.ClH/c9-6-2-1-3-7(12)13(6)4-5(14)8(10)11;/h1-3,8,12H,4H2;1H. The van der Waals surface area contributed by atoms with Gasteiger partial charge in [-0.25, -0.2) is 4.57 Å². The highest BCUT2D eigenvalue weighted by atomic mass is 79.9. The third-order valence-electron chi connectivity index (χ3n) is 1.63. The smallest absolute Gasteiger partial charge is 0.273 e. The van der Waals surface area contributed by atoms with E-state index in [4.69, 9.17) is 28.9 Å². The molecule has 0 spiro atoms. The van der Waals surface area contributed by atoms with Crippen LogP contribution in [-0.2, 0) is 11.3 Å². The summed E-state index contributed by atoms with van der Waals surface area (Å²) in [5, 5.41) is 0. The van der Waals surface area contributed by atoms with Crippen LogP contribution in [-0.4, -0.2) is 10.6 Å². The quantitative estimate of drug-likeness (QED) is 0.424. The van der Waals surface area contributed by atoms with Gasteiger partial charge < -0.3 is 12.4 Å². The van der Waals surface area contributed by atoms with E-state index in [9.17, 15) is 4.79 Å². The first-order valence-corrected chi connectivity index (χ1v) is 5.43. The Kier molecular flexibility index (Phi) is 6.52. The number of rotatable bonds is 3. The normalized spacial score (nSPS) is 9.87. The summed E-state index contributed by atoms with van der Waals surface area (Å²) in [5.41, 5.74) is 5.66. The van der Waals surface area contributed by atoms with Crippen LogP contribution in [0, 0.1) is 0 Å². The lowest BCUT2D eigenvalue weighted by molar-refractivity contribution is -0.680.